The molecule has 1 heterocycles. The van der Waals surface area contributed by atoms with Gasteiger partial charge in [-0.25, -0.2) is 0 Å². The molecule has 0 saturated heterocycles. The highest BCUT2D eigenvalue weighted by Gasteiger charge is 2.18. The number of aromatic nitrogens is 3. The minimum Gasteiger partial charge on any atom is -0.497 e. The van der Waals surface area contributed by atoms with Crippen molar-refractivity contribution in [1.29, 1.82) is 0 Å². The number of hydrogen-bond acceptors (Lipinski definition) is 5. The third-order valence-corrected chi connectivity index (χ3v) is 4.19. The van der Waals surface area contributed by atoms with Gasteiger partial charge in [0.25, 0.3) is 5.91 Å². The lowest BCUT2D eigenvalue weighted by atomic mass is 10.0. The summed E-state index contributed by atoms with van der Waals surface area (Å²) < 4.78 is 6.29. The predicted octanol–water partition coefficient (Wildman–Crippen LogP) is 3.38. The highest BCUT2D eigenvalue weighted by Crippen LogP contribution is 2.23. The monoisotopic (exact) mass is 344 g/mol. The third kappa shape index (κ3) is 2.67. The van der Waals surface area contributed by atoms with E-state index in [-0.39, 0.29) is 11.9 Å². The second-order valence-corrected chi connectivity index (χ2v) is 5.77. The van der Waals surface area contributed by atoms with Crippen LogP contribution < -0.4 is 10.5 Å². The van der Waals surface area contributed by atoms with Crippen LogP contribution in [0.2, 0.25) is 0 Å². The van der Waals surface area contributed by atoms with Crippen LogP contribution in [0.5, 0.6) is 5.75 Å². The van der Waals surface area contributed by atoms with E-state index in [1.165, 1.54) is 0 Å². The molecule has 128 valence electrons. The summed E-state index contributed by atoms with van der Waals surface area (Å²) in [5.74, 6) is 0.854. The van der Waals surface area contributed by atoms with Gasteiger partial charge in [-0.1, -0.05) is 36.4 Å². The molecule has 4 aromatic rings. The van der Waals surface area contributed by atoms with Gasteiger partial charge in [-0.05, 0) is 41.1 Å². The standard InChI is InChI=1S/C20H16N4O2/c1-26-15-11-9-14(10-12-15)18-22-20(21)24(23-18)19(25)17-8-4-6-13-5-2-3-7-16(13)17/h2-12H,1H3,(H2,21,22,23). The van der Waals surface area contributed by atoms with E-state index < -0.39 is 0 Å². The van der Waals surface area contributed by atoms with Crippen LogP contribution in [0.4, 0.5) is 5.95 Å². The lowest BCUT2D eigenvalue weighted by Crippen LogP contribution is -2.16. The van der Waals surface area contributed by atoms with Gasteiger partial charge < -0.3 is 10.5 Å². The number of benzene rings is 3. The minimum atomic E-state index is -0.313. The van der Waals surface area contributed by atoms with E-state index in [4.69, 9.17) is 10.5 Å². The van der Waals surface area contributed by atoms with Crippen LogP contribution in [0.1, 0.15) is 10.4 Å². The third-order valence-electron chi connectivity index (χ3n) is 4.19. The van der Waals surface area contributed by atoms with Gasteiger partial charge in [0.05, 0.1) is 7.11 Å². The smallest absolute Gasteiger partial charge is 0.282 e. The Morgan fingerprint density at radius 2 is 1.73 bits per heavy atom. The highest BCUT2D eigenvalue weighted by atomic mass is 16.5. The normalized spacial score (nSPS) is 10.8. The van der Waals surface area contributed by atoms with Crippen LogP contribution in [0.15, 0.2) is 66.7 Å². The topological polar surface area (TPSA) is 83.0 Å². The molecule has 0 fully saturated rings. The second kappa shape index (κ2) is 6.33. The lowest BCUT2D eigenvalue weighted by Gasteiger charge is -2.06. The van der Waals surface area contributed by atoms with Gasteiger partial charge in [0.15, 0.2) is 5.82 Å². The Hall–Kier alpha value is -3.67. The molecule has 6 nitrogen and oxygen atoms in total. The molecule has 1 aromatic heterocycles. The summed E-state index contributed by atoms with van der Waals surface area (Å²) in [6.45, 7) is 0. The Kier molecular flexibility index (Phi) is 3.85. The Bertz CT molecular complexity index is 1100. The first-order chi connectivity index (χ1) is 12.7. The summed E-state index contributed by atoms with van der Waals surface area (Å²) in [5, 5.41) is 6.14. The Morgan fingerprint density at radius 1 is 1.00 bits per heavy atom. The molecule has 0 atom stereocenters. The number of carbonyl (C=O) groups is 1. The molecule has 0 aliphatic rings. The molecule has 0 aliphatic heterocycles. The summed E-state index contributed by atoms with van der Waals surface area (Å²) in [6, 6.07) is 20.5. The largest absolute Gasteiger partial charge is 0.497 e. The fraction of sp³-hybridized carbons (Fsp3) is 0.0500. The van der Waals surface area contributed by atoms with Crippen molar-refractivity contribution in [3.63, 3.8) is 0 Å². The van der Waals surface area contributed by atoms with Gasteiger partial charge in [-0.15, -0.1) is 5.10 Å². The SMILES string of the molecule is COc1ccc(-c2nc(N)n(C(=O)c3cccc4ccccc34)n2)cc1. The molecular weight excluding hydrogens is 328 g/mol. The molecule has 0 saturated carbocycles. The van der Waals surface area contributed by atoms with Gasteiger partial charge >= 0.3 is 0 Å². The molecule has 0 spiro atoms. The molecule has 2 N–H and O–H groups in total. The number of nitrogen functional groups attached to an aromatic ring is 1. The van der Waals surface area contributed by atoms with Gasteiger partial charge in [-0.2, -0.15) is 9.67 Å². The van der Waals surface area contributed by atoms with Crippen LogP contribution in [-0.4, -0.2) is 27.8 Å². The average molecular weight is 344 g/mol. The maximum Gasteiger partial charge on any atom is 0.282 e. The molecule has 0 bridgehead atoms. The van der Waals surface area contributed by atoms with E-state index in [1.807, 2.05) is 48.5 Å². The molecule has 0 radical (unpaired) electrons. The first-order valence-electron chi connectivity index (χ1n) is 8.07. The van der Waals surface area contributed by atoms with Crippen molar-refractivity contribution in [2.75, 3.05) is 12.8 Å². The Labute approximate surface area is 149 Å². The zero-order valence-electron chi connectivity index (χ0n) is 14.1. The van der Waals surface area contributed by atoms with Crippen LogP contribution in [0.25, 0.3) is 22.2 Å². The van der Waals surface area contributed by atoms with Gasteiger partial charge in [0, 0.05) is 11.1 Å². The summed E-state index contributed by atoms with van der Waals surface area (Å²) >= 11 is 0. The summed E-state index contributed by atoms with van der Waals surface area (Å²) in [4.78, 5) is 17.2. The zero-order valence-corrected chi connectivity index (χ0v) is 14.1. The number of anilines is 1. The van der Waals surface area contributed by atoms with Gasteiger partial charge in [0.1, 0.15) is 5.75 Å². The predicted molar refractivity (Wildman–Crippen MR) is 100 cm³/mol. The van der Waals surface area contributed by atoms with Crippen molar-refractivity contribution in [1.82, 2.24) is 14.8 Å². The van der Waals surface area contributed by atoms with Crippen molar-refractivity contribution in [3.05, 3.63) is 72.3 Å². The van der Waals surface area contributed by atoms with Crippen molar-refractivity contribution in [2.45, 2.75) is 0 Å². The van der Waals surface area contributed by atoms with Crippen LogP contribution in [0, 0.1) is 0 Å². The van der Waals surface area contributed by atoms with E-state index >= 15 is 0 Å². The molecule has 4 rings (SSSR count). The first-order valence-corrected chi connectivity index (χ1v) is 8.07. The van der Waals surface area contributed by atoms with Crippen molar-refractivity contribution in [2.24, 2.45) is 0 Å². The lowest BCUT2D eigenvalue weighted by molar-refractivity contribution is 0.0949. The number of hydrogen-bond donors (Lipinski definition) is 1. The number of nitrogens with two attached hydrogens (primary N) is 1. The van der Waals surface area contributed by atoms with Crippen molar-refractivity contribution >= 4 is 22.6 Å². The fourth-order valence-corrected chi connectivity index (χ4v) is 2.86. The minimum absolute atomic E-state index is 0.0498. The summed E-state index contributed by atoms with van der Waals surface area (Å²) in [5.41, 5.74) is 7.24. The number of rotatable bonds is 3. The Balaban J connectivity index is 1.75. The van der Waals surface area contributed by atoms with E-state index in [9.17, 15) is 4.79 Å². The Morgan fingerprint density at radius 3 is 2.50 bits per heavy atom. The van der Waals surface area contributed by atoms with Gasteiger partial charge in [0.2, 0.25) is 5.95 Å². The van der Waals surface area contributed by atoms with Crippen LogP contribution >= 0.6 is 0 Å². The van der Waals surface area contributed by atoms with Crippen LogP contribution in [0.3, 0.4) is 0 Å². The van der Waals surface area contributed by atoms with Crippen molar-refractivity contribution in [3.8, 4) is 17.1 Å². The summed E-state index contributed by atoms with van der Waals surface area (Å²) in [7, 11) is 1.60. The first kappa shape index (κ1) is 15.8. The fourth-order valence-electron chi connectivity index (χ4n) is 2.86. The van der Waals surface area contributed by atoms with Crippen LogP contribution in [-0.2, 0) is 0 Å². The maximum absolute atomic E-state index is 13.0. The molecule has 3 aromatic carbocycles. The van der Waals surface area contributed by atoms with E-state index in [1.54, 1.807) is 25.3 Å². The van der Waals surface area contributed by atoms with Gasteiger partial charge in [-0.3, -0.25) is 4.79 Å². The highest BCUT2D eigenvalue weighted by molar-refractivity contribution is 6.08. The molecule has 26 heavy (non-hydrogen) atoms. The molecule has 0 unspecified atom stereocenters. The summed E-state index contributed by atoms with van der Waals surface area (Å²) in [6.07, 6.45) is 0. The quantitative estimate of drug-likeness (QED) is 0.616. The molecule has 0 aliphatic carbocycles. The molecular formula is C20H16N4O2. The maximum atomic E-state index is 13.0. The molecule has 6 heteroatoms. The second-order valence-electron chi connectivity index (χ2n) is 5.77. The van der Waals surface area contributed by atoms with E-state index in [2.05, 4.69) is 10.1 Å². The number of fused-ring (bicyclic) bond motifs is 1. The molecule has 0 amide bonds. The van der Waals surface area contributed by atoms with E-state index in [0.717, 1.165) is 26.8 Å². The number of methoxy groups -OCH3 is 1. The zero-order chi connectivity index (χ0) is 18.1. The average Bonchev–Trinajstić information content (AvgIpc) is 3.08. The number of carbonyl (C=O) groups excluding carboxylic acids is 1. The number of ether oxygens (including phenoxy) is 1. The van der Waals surface area contributed by atoms with Crippen molar-refractivity contribution < 1.29 is 9.53 Å². The number of nitrogens with zero attached hydrogens (tertiary/aromatic N) is 3. The van der Waals surface area contributed by atoms with E-state index in [0.29, 0.717) is 11.4 Å².